The van der Waals surface area contributed by atoms with E-state index in [1.54, 1.807) is 6.92 Å². The van der Waals surface area contributed by atoms with E-state index in [2.05, 4.69) is 25.9 Å². The van der Waals surface area contributed by atoms with Crippen LogP contribution < -0.4 is 0 Å². The number of rotatable bonds is 2. The van der Waals surface area contributed by atoms with Gasteiger partial charge in [0.2, 0.25) is 0 Å². The first-order chi connectivity index (χ1) is 9.25. The molecule has 2 aromatic rings. The van der Waals surface area contributed by atoms with Crippen LogP contribution in [0.15, 0.2) is 4.60 Å². The molecule has 5 nitrogen and oxygen atoms in total. The number of hydrogen-bond acceptors (Lipinski definition) is 6. The number of hydrogen-bond donors (Lipinski definition) is 1. The molecule has 0 unspecified atom stereocenters. The fraction of sp³-hybridized carbons (Fsp3) is 0.462. The van der Waals surface area contributed by atoms with Crippen molar-refractivity contribution in [1.82, 2.24) is 9.97 Å². The number of aromatic nitrogens is 2. The molecule has 1 N–H and O–H groups in total. The normalized spacial score (nSPS) is 11.8. The monoisotopic (exact) mass is 358 g/mol. The van der Waals surface area contributed by atoms with E-state index in [4.69, 9.17) is 4.74 Å². The Morgan fingerprint density at radius 1 is 1.40 bits per heavy atom. The van der Waals surface area contributed by atoms with E-state index < -0.39 is 5.97 Å². The minimum absolute atomic E-state index is 0.0877. The van der Waals surface area contributed by atoms with Gasteiger partial charge in [0.05, 0.1) is 11.6 Å². The molecule has 0 bridgehead atoms. The van der Waals surface area contributed by atoms with Crippen molar-refractivity contribution in [2.24, 2.45) is 0 Å². The molecule has 0 saturated heterocycles. The third-order valence-corrected chi connectivity index (χ3v) is 4.62. The van der Waals surface area contributed by atoms with Crippen molar-refractivity contribution < 1.29 is 14.6 Å². The van der Waals surface area contributed by atoms with E-state index in [0.29, 0.717) is 14.8 Å². The Bertz CT molecular complexity index is 676. The molecular weight excluding hydrogens is 344 g/mol. The van der Waals surface area contributed by atoms with Crippen LogP contribution in [0.2, 0.25) is 0 Å². The summed E-state index contributed by atoms with van der Waals surface area (Å²) < 4.78 is 5.86. The molecule has 0 aliphatic heterocycles. The fourth-order valence-corrected chi connectivity index (χ4v) is 3.26. The van der Waals surface area contributed by atoms with Crippen molar-refractivity contribution in [3.63, 3.8) is 0 Å². The summed E-state index contributed by atoms with van der Waals surface area (Å²) in [6.45, 7) is 8.04. The molecule has 0 spiro atoms. The lowest BCUT2D eigenvalue weighted by molar-refractivity contribution is 0.0516. The van der Waals surface area contributed by atoms with Crippen LogP contribution in [-0.4, -0.2) is 27.7 Å². The molecule has 0 aliphatic rings. The second-order valence-electron chi connectivity index (χ2n) is 5.27. The number of carbonyl (C=O) groups is 1. The summed E-state index contributed by atoms with van der Waals surface area (Å²) in [5, 5.41) is 11.1. The zero-order valence-corrected chi connectivity index (χ0v) is 14.1. The number of thiazole rings is 1. The van der Waals surface area contributed by atoms with E-state index in [-0.39, 0.29) is 23.5 Å². The van der Waals surface area contributed by atoms with Gasteiger partial charge in [-0.25, -0.2) is 14.8 Å². The molecule has 0 aliphatic carbocycles. The Labute approximate surface area is 129 Å². The van der Waals surface area contributed by atoms with Crippen molar-refractivity contribution in [3.8, 4) is 5.75 Å². The van der Waals surface area contributed by atoms with Gasteiger partial charge in [-0.3, -0.25) is 0 Å². The SMILES string of the molecule is CCOC(=O)c1nc(Br)c2nc(C(C)(C)C)sc2c1O. The number of pyridine rings is 1. The maximum atomic E-state index is 11.8. The minimum Gasteiger partial charge on any atom is -0.504 e. The maximum absolute atomic E-state index is 11.8. The number of esters is 1. The Balaban J connectivity index is 2.66. The number of nitrogens with zero attached hydrogens (tertiary/aromatic N) is 2. The minimum atomic E-state index is -0.640. The molecule has 2 aromatic heterocycles. The van der Waals surface area contributed by atoms with Crippen LogP contribution >= 0.6 is 27.3 Å². The maximum Gasteiger partial charge on any atom is 0.360 e. The van der Waals surface area contributed by atoms with Crippen LogP contribution in [0.4, 0.5) is 0 Å². The molecule has 0 saturated carbocycles. The quantitative estimate of drug-likeness (QED) is 0.655. The molecule has 0 aromatic carbocycles. The highest BCUT2D eigenvalue weighted by Crippen LogP contribution is 2.39. The molecule has 0 amide bonds. The van der Waals surface area contributed by atoms with Crippen LogP contribution in [-0.2, 0) is 10.2 Å². The fourth-order valence-electron chi connectivity index (χ4n) is 1.59. The summed E-state index contributed by atoms with van der Waals surface area (Å²) in [6, 6.07) is 0. The van der Waals surface area contributed by atoms with Crippen molar-refractivity contribution in [1.29, 1.82) is 0 Å². The van der Waals surface area contributed by atoms with Crippen LogP contribution in [0.25, 0.3) is 10.2 Å². The van der Waals surface area contributed by atoms with E-state index in [9.17, 15) is 9.90 Å². The summed E-state index contributed by atoms with van der Waals surface area (Å²) in [6.07, 6.45) is 0. The van der Waals surface area contributed by atoms with Crippen LogP contribution in [0.1, 0.15) is 43.2 Å². The zero-order chi connectivity index (χ0) is 15.1. The van der Waals surface area contributed by atoms with Gasteiger partial charge in [-0.05, 0) is 22.9 Å². The van der Waals surface area contributed by atoms with Crippen molar-refractivity contribution in [3.05, 3.63) is 15.3 Å². The van der Waals surface area contributed by atoms with Gasteiger partial charge in [-0.2, -0.15) is 0 Å². The smallest absolute Gasteiger partial charge is 0.360 e. The van der Waals surface area contributed by atoms with Crippen LogP contribution in [0, 0.1) is 0 Å². The van der Waals surface area contributed by atoms with E-state index in [1.807, 2.05) is 20.8 Å². The highest BCUT2D eigenvalue weighted by molar-refractivity contribution is 9.10. The topological polar surface area (TPSA) is 72.3 Å². The number of carbonyl (C=O) groups excluding carboxylic acids is 1. The highest BCUT2D eigenvalue weighted by Gasteiger charge is 2.25. The molecular formula is C13H15BrN2O3S. The highest BCUT2D eigenvalue weighted by atomic mass is 79.9. The second-order valence-corrected chi connectivity index (χ2v) is 7.02. The van der Waals surface area contributed by atoms with Gasteiger partial charge in [0.15, 0.2) is 11.4 Å². The summed E-state index contributed by atoms with van der Waals surface area (Å²) in [4.78, 5) is 20.3. The zero-order valence-electron chi connectivity index (χ0n) is 11.7. The molecule has 20 heavy (non-hydrogen) atoms. The van der Waals surface area contributed by atoms with E-state index >= 15 is 0 Å². The Morgan fingerprint density at radius 2 is 2.05 bits per heavy atom. The van der Waals surface area contributed by atoms with Gasteiger partial charge in [0, 0.05) is 5.41 Å². The van der Waals surface area contributed by atoms with E-state index in [1.165, 1.54) is 11.3 Å². The molecule has 2 heterocycles. The largest absolute Gasteiger partial charge is 0.504 e. The van der Waals surface area contributed by atoms with Gasteiger partial charge in [-0.15, -0.1) is 11.3 Å². The summed E-state index contributed by atoms with van der Waals surface area (Å²) >= 11 is 4.65. The summed E-state index contributed by atoms with van der Waals surface area (Å²) in [7, 11) is 0. The number of halogens is 1. The number of aromatic hydroxyl groups is 1. The van der Waals surface area contributed by atoms with E-state index in [0.717, 1.165) is 5.01 Å². The lowest BCUT2D eigenvalue weighted by atomic mass is 9.98. The second kappa shape index (κ2) is 5.29. The van der Waals surface area contributed by atoms with Crippen LogP contribution in [0.5, 0.6) is 5.75 Å². The third-order valence-electron chi connectivity index (χ3n) is 2.58. The first kappa shape index (κ1) is 15.2. The lowest BCUT2D eigenvalue weighted by Gasteiger charge is -2.13. The van der Waals surface area contributed by atoms with Crippen molar-refractivity contribution in [2.75, 3.05) is 6.61 Å². The Kier molecular flexibility index (Phi) is 4.02. The average molecular weight is 359 g/mol. The van der Waals surface area contributed by atoms with Crippen LogP contribution in [0.3, 0.4) is 0 Å². The molecule has 0 radical (unpaired) electrons. The first-order valence-electron chi connectivity index (χ1n) is 6.12. The number of ether oxygens (including phenoxy) is 1. The van der Waals surface area contributed by atoms with Crippen molar-refractivity contribution in [2.45, 2.75) is 33.1 Å². The molecule has 108 valence electrons. The molecule has 0 fully saturated rings. The van der Waals surface area contributed by atoms with Crippen molar-refractivity contribution >= 4 is 43.5 Å². The predicted octanol–water partition coefficient (Wildman–Crippen LogP) is 3.63. The Hall–Kier alpha value is -1.21. The van der Waals surface area contributed by atoms with Gasteiger partial charge in [0.1, 0.15) is 14.8 Å². The van der Waals surface area contributed by atoms with Gasteiger partial charge < -0.3 is 9.84 Å². The van der Waals surface area contributed by atoms with Gasteiger partial charge >= 0.3 is 5.97 Å². The first-order valence-corrected chi connectivity index (χ1v) is 7.73. The summed E-state index contributed by atoms with van der Waals surface area (Å²) in [5.74, 6) is -0.812. The molecule has 7 heteroatoms. The average Bonchev–Trinajstić information content (AvgIpc) is 2.79. The molecule has 2 rings (SSSR count). The van der Waals surface area contributed by atoms with Gasteiger partial charge in [-0.1, -0.05) is 20.8 Å². The third kappa shape index (κ3) is 2.64. The standard InChI is InChI=1S/C13H15BrN2O3S/c1-5-19-11(18)6-8(17)9-7(10(14)15-6)16-12(20-9)13(2,3)4/h17H,5H2,1-4H3. The van der Waals surface area contributed by atoms with Gasteiger partial charge in [0.25, 0.3) is 0 Å². The lowest BCUT2D eigenvalue weighted by Crippen LogP contribution is -2.10. The summed E-state index contributed by atoms with van der Waals surface area (Å²) in [5.41, 5.74) is 0.334. The molecule has 0 atom stereocenters. The number of fused-ring (bicyclic) bond motifs is 1. The predicted molar refractivity (Wildman–Crippen MR) is 81.4 cm³/mol. The Morgan fingerprint density at radius 3 is 2.60 bits per heavy atom.